The highest BCUT2D eigenvalue weighted by Crippen LogP contribution is 2.30. The van der Waals surface area contributed by atoms with Gasteiger partial charge in [0.25, 0.3) is 0 Å². The van der Waals surface area contributed by atoms with Crippen molar-refractivity contribution in [2.24, 2.45) is 0 Å². The zero-order valence-electron chi connectivity index (χ0n) is 10.5. The highest BCUT2D eigenvalue weighted by atomic mass is 32.1. The van der Waals surface area contributed by atoms with Gasteiger partial charge in [-0.15, -0.1) is 11.3 Å². The van der Waals surface area contributed by atoms with Crippen LogP contribution in [0.5, 0.6) is 0 Å². The highest BCUT2D eigenvalue weighted by molar-refractivity contribution is 7.17. The van der Waals surface area contributed by atoms with Crippen LogP contribution in [0.15, 0.2) is 29.6 Å². The third-order valence-electron chi connectivity index (χ3n) is 2.70. The number of hydrogen-bond donors (Lipinski definition) is 2. The third kappa shape index (κ3) is 3.06. The van der Waals surface area contributed by atoms with Crippen molar-refractivity contribution < 1.29 is 5.11 Å². The van der Waals surface area contributed by atoms with Gasteiger partial charge in [0.05, 0.1) is 6.10 Å². The van der Waals surface area contributed by atoms with Crippen LogP contribution in [-0.4, -0.2) is 17.2 Å². The minimum absolute atomic E-state index is 0.0345. The summed E-state index contributed by atoms with van der Waals surface area (Å²) in [6.45, 7) is 6.90. The fourth-order valence-corrected chi connectivity index (χ4v) is 2.78. The van der Waals surface area contributed by atoms with Gasteiger partial charge in [-0.05, 0) is 37.6 Å². The summed E-state index contributed by atoms with van der Waals surface area (Å²) in [4.78, 5) is 0. The van der Waals surface area contributed by atoms with Crippen molar-refractivity contribution >= 4 is 21.4 Å². The maximum Gasteiger partial charge on any atom is 0.0928 e. The van der Waals surface area contributed by atoms with Gasteiger partial charge < -0.3 is 10.4 Å². The predicted octanol–water partition coefficient (Wildman–Crippen LogP) is 3.32. The van der Waals surface area contributed by atoms with Gasteiger partial charge in [-0.25, -0.2) is 0 Å². The van der Waals surface area contributed by atoms with E-state index in [1.807, 2.05) is 12.1 Å². The van der Waals surface area contributed by atoms with Crippen LogP contribution in [0.1, 0.15) is 32.4 Å². The number of benzene rings is 1. The standard InChI is InChI=1S/C14H19NOS/c1-14(2,3)15-8-12(16)11-9-17-13-7-5-4-6-10(11)13/h4-7,9,12,15-16H,8H2,1-3H3. The Morgan fingerprint density at radius 3 is 2.71 bits per heavy atom. The molecule has 2 nitrogen and oxygen atoms in total. The smallest absolute Gasteiger partial charge is 0.0928 e. The van der Waals surface area contributed by atoms with E-state index in [4.69, 9.17) is 0 Å². The summed E-state index contributed by atoms with van der Waals surface area (Å²) in [5.41, 5.74) is 1.06. The van der Waals surface area contributed by atoms with Crippen LogP contribution in [0, 0.1) is 0 Å². The van der Waals surface area contributed by atoms with E-state index in [2.05, 4.69) is 43.6 Å². The molecule has 0 saturated heterocycles. The minimum Gasteiger partial charge on any atom is -0.387 e. The van der Waals surface area contributed by atoms with E-state index < -0.39 is 6.10 Å². The van der Waals surface area contributed by atoms with Crippen molar-refractivity contribution in [3.05, 3.63) is 35.2 Å². The average molecular weight is 249 g/mol. The van der Waals surface area contributed by atoms with Gasteiger partial charge in [0, 0.05) is 22.3 Å². The molecule has 0 amide bonds. The molecule has 0 aliphatic carbocycles. The zero-order chi connectivity index (χ0) is 12.5. The van der Waals surface area contributed by atoms with Crippen LogP contribution >= 0.6 is 11.3 Å². The van der Waals surface area contributed by atoms with Gasteiger partial charge in [-0.2, -0.15) is 0 Å². The Morgan fingerprint density at radius 2 is 2.00 bits per heavy atom. The number of thiophene rings is 1. The number of nitrogens with one attached hydrogen (secondary N) is 1. The second-order valence-corrected chi connectivity index (χ2v) is 6.25. The normalized spacial score (nSPS) is 14.1. The van der Waals surface area contributed by atoms with Crippen molar-refractivity contribution in [1.29, 1.82) is 0 Å². The van der Waals surface area contributed by atoms with E-state index in [9.17, 15) is 5.11 Å². The van der Waals surface area contributed by atoms with Crippen molar-refractivity contribution in [3.63, 3.8) is 0 Å². The molecule has 1 aromatic carbocycles. The molecule has 0 radical (unpaired) electrons. The second-order valence-electron chi connectivity index (χ2n) is 5.33. The van der Waals surface area contributed by atoms with Crippen molar-refractivity contribution in [3.8, 4) is 0 Å². The fraction of sp³-hybridized carbons (Fsp3) is 0.429. The Morgan fingerprint density at radius 1 is 1.29 bits per heavy atom. The molecule has 2 N–H and O–H groups in total. The number of fused-ring (bicyclic) bond motifs is 1. The first-order valence-corrected chi connectivity index (χ1v) is 6.74. The van der Waals surface area contributed by atoms with Gasteiger partial charge in [-0.3, -0.25) is 0 Å². The van der Waals surface area contributed by atoms with Gasteiger partial charge in [0.2, 0.25) is 0 Å². The molecule has 1 unspecified atom stereocenters. The van der Waals surface area contributed by atoms with E-state index in [0.717, 1.165) is 5.56 Å². The number of aliphatic hydroxyl groups excluding tert-OH is 1. The molecule has 17 heavy (non-hydrogen) atoms. The first kappa shape index (κ1) is 12.6. The van der Waals surface area contributed by atoms with Crippen LogP contribution in [0.4, 0.5) is 0 Å². The average Bonchev–Trinajstić information content (AvgIpc) is 2.68. The second kappa shape index (κ2) is 4.77. The minimum atomic E-state index is -0.439. The predicted molar refractivity (Wildman–Crippen MR) is 74.5 cm³/mol. The van der Waals surface area contributed by atoms with Crippen LogP contribution in [0.25, 0.3) is 10.1 Å². The molecule has 1 heterocycles. The molecule has 0 aliphatic rings. The first-order chi connectivity index (χ1) is 7.97. The molecule has 0 aliphatic heterocycles. The molecule has 0 fully saturated rings. The topological polar surface area (TPSA) is 32.3 Å². The fourth-order valence-electron chi connectivity index (χ4n) is 1.77. The summed E-state index contributed by atoms with van der Waals surface area (Å²) in [5, 5.41) is 16.8. The molecule has 92 valence electrons. The van der Waals surface area contributed by atoms with Gasteiger partial charge >= 0.3 is 0 Å². The molecule has 2 aromatic rings. The Kier molecular flexibility index (Phi) is 3.52. The van der Waals surface area contributed by atoms with E-state index in [0.29, 0.717) is 6.54 Å². The Hall–Kier alpha value is -0.900. The lowest BCUT2D eigenvalue weighted by Gasteiger charge is -2.22. The molecular formula is C14H19NOS. The van der Waals surface area contributed by atoms with Crippen molar-refractivity contribution in [2.75, 3.05) is 6.54 Å². The lowest BCUT2D eigenvalue weighted by molar-refractivity contribution is 0.165. The van der Waals surface area contributed by atoms with E-state index in [-0.39, 0.29) is 5.54 Å². The number of aliphatic hydroxyl groups is 1. The number of rotatable bonds is 3. The quantitative estimate of drug-likeness (QED) is 0.874. The first-order valence-electron chi connectivity index (χ1n) is 5.86. The van der Waals surface area contributed by atoms with Gasteiger partial charge in [0.1, 0.15) is 0 Å². The van der Waals surface area contributed by atoms with Gasteiger partial charge in [-0.1, -0.05) is 18.2 Å². The maximum absolute atomic E-state index is 10.2. The van der Waals surface area contributed by atoms with Crippen molar-refractivity contribution in [2.45, 2.75) is 32.4 Å². The Balaban J connectivity index is 2.16. The van der Waals surface area contributed by atoms with E-state index in [1.165, 1.54) is 10.1 Å². The van der Waals surface area contributed by atoms with Crippen LogP contribution in [0.2, 0.25) is 0 Å². The van der Waals surface area contributed by atoms with Crippen molar-refractivity contribution in [1.82, 2.24) is 5.32 Å². The summed E-state index contributed by atoms with van der Waals surface area (Å²) in [5.74, 6) is 0. The van der Waals surface area contributed by atoms with Gasteiger partial charge in [0.15, 0.2) is 0 Å². The SMILES string of the molecule is CC(C)(C)NCC(O)c1csc2ccccc12. The Bertz CT molecular complexity index is 498. The largest absolute Gasteiger partial charge is 0.387 e. The lowest BCUT2D eigenvalue weighted by atomic mass is 10.1. The molecule has 1 aromatic heterocycles. The van der Waals surface area contributed by atoms with Crippen LogP contribution in [-0.2, 0) is 0 Å². The molecule has 2 rings (SSSR count). The molecule has 0 spiro atoms. The molecule has 1 atom stereocenters. The zero-order valence-corrected chi connectivity index (χ0v) is 11.3. The third-order valence-corrected chi connectivity index (χ3v) is 3.68. The lowest BCUT2D eigenvalue weighted by Crippen LogP contribution is -2.38. The Labute approximate surface area is 106 Å². The summed E-state index contributed by atoms with van der Waals surface area (Å²) >= 11 is 1.69. The monoisotopic (exact) mass is 249 g/mol. The number of hydrogen-bond acceptors (Lipinski definition) is 3. The summed E-state index contributed by atoms with van der Waals surface area (Å²) < 4.78 is 1.23. The summed E-state index contributed by atoms with van der Waals surface area (Å²) in [6.07, 6.45) is -0.439. The maximum atomic E-state index is 10.2. The molecule has 0 saturated carbocycles. The molecule has 0 bridgehead atoms. The van der Waals surface area contributed by atoms with Crippen LogP contribution < -0.4 is 5.32 Å². The summed E-state index contributed by atoms with van der Waals surface area (Å²) in [6, 6.07) is 8.21. The number of β-amino-alcohol motifs (C(OH)–C–C–N with tert-alkyl or cyclic N) is 1. The molecular weight excluding hydrogens is 230 g/mol. The molecule has 3 heteroatoms. The summed E-state index contributed by atoms with van der Waals surface area (Å²) in [7, 11) is 0. The highest BCUT2D eigenvalue weighted by Gasteiger charge is 2.16. The van der Waals surface area contributed by atoms with E-state index >= 15 is 0 Å². The van der Waals surface area contributed by atoms with E-state index in [1.54, 1.807) is 11.3 Å². The van der Waals surface area contributed by atoms with Crippen LogP contribution in [0.3, 0.4) is 0 Å².